The number of rotatable bonds is 5. The first-order valence-corrected chi connectivity index (χ1v) is 7.86. The van der Waals surface area contributed by atoms with E-state index >= 15 is 0 Å². The molecule has 5 heteroatoms. The fourth-order valence-corrected chi connectivity index (χ4v) is 4.04. The summed E-state index contributed by atoms with van der Waals surface area (Å²) in [6.07, 6.45) is 0. The quantitative estimate of drug-likeness (QED) is 0.873. The Kier molecular flexibility index (Phi) is 5.07. The molecule has 2 aromatic rings. The van der Waals surface area contributed by atoms with Crippen LogP contribution < -0.4 is 14.8 Å². The van der Waals surface area contributed by atoms with Gasteiger partial charge < -0.3 is 14.8 Å². The maximum absolute atomic E-state index is 5.49. The smallest absolute Gasteiger partial charge is 0.124 e. The Morgan fingerprint density at radius 1 is 1.15 bits per heavy atom. The molecule has 0 saturated carbocycles. The van der Waals surface area contributed by atoms with Crippen LogP contribution in [0.5, 0.6) is 11.5 Å². The van der Waals surface area contributed by atoms with Crippen molar-refractivity contribution in [2.75, 3.05) is 21.3 Å². The Morgan fingerprint density at radius 2 is 1.90 bits per heavy atom. The Labute approximate surface area is 132 Å². The van der Waals surface area contributed by atoms with Gasteiger partial charge in [0.15, 0.2) is 0 Å². The minimum atomic E-state index is 0.0719. The summed E-state index contributed by atoms with van der Waals surface area (Å²) in [7, 11) is 5.31. The first kappa shape index (κ1) is 15.4. The molecule has 1 aromatic heterocycles. The molecule has 108 valence electrons. The lowest BCUT2D eigenvalue weighted by atomic mass is 9.98. The summed E-state index contributed by atoms with van der Waals surface area (Å²) in [4.78, 5) is 1.28. The van der Waals surface area contributed by atoms with E-state index in [-0.39, 0.29) is 6.04 Å². The van der Waals surface area contributed by atoms with Crippen molar-refractivity contribution in [2.45, 2.75) is 13.0 Å². The molecule has 0 aliphatic carbocycles. The number of halogens is 1. The van der Waals surface area contributed by atoms with Crippen molar-refractivity contribution < 1.29 is 9.47 Å². The number of thiophene rings is 1. The molecule has 1 heterocycles. The van der Waals surface area contributed by atoms with Crippen molar-refractivity contribution in [3.05, 3.63) is 44.1 Å². The summed E-state index contributed by atoms with van der Waals surface area (Å²) < 4.78 is 12.0. The highest BCUT2D eigenvalue weighted by atomic mass is 79.9. The predicted molar refractivity (Wildman–Crippen MR) is 87.2 cm³/mol. The van der Waals surface area contributed by atoms with Crippen molar-refractivity contribution in [1.29, 1.82) is 0 Å². The minimum absolute atomic E-state index is 0.0719. The first-order chi connectivity index (χ1) is 9.60. The Morgan fingerprint density at radius 3 is 2.40 bits per heavy atom. The monoisotopic (exact) mass is 355 g/mol. The molecule has 1 unspecified atom stereocenters. The third-order valence-corrected chi connectivity index (χ3v) is 4.84. The number of benzene rings is 1. The van der Waals surface area contributed by atoms with Crippen LogP contribution in [-0.4, -0.2) is 21.3 Å². The molecule has 20 heavy (non-hydrogen) atoms. The van der Waals surface area contributed by atoms with Crippen LogP contribution in [0.1, 0.15) is 22.0 Å². The maximum atomic E-state index is 5.49. The van der Waals surface area contributed by atoms with Crippen molar-refractivity contribution >= 4 is 27.3 Å². The highest BCUT2D eigenvalue weighted by Gasteiger charge is 2.21. The van der Waals surface area contributed by atoms with Gasteiger partial charge in [-0.3, -0.25) is 0 Å². The Hall–Kier alpha value is -1.04. The van der Waals surface area contributed by atoms with Crippen molar-refractivity contribution in [1.82, 2.24) is 5.32 Å². The van der Waals surface area contributed by atoms with Crippen molar-refractivity contribution in [2.24, 2.45) is 0 Å². The number of aryl methyl sites for hydroxylation is 1. The number of ether oxygens (including phenoxy) is 2. The largest absolute Gasteiger partial charge is 0.497 e. The molecular weight excluding hydrogens is 338 g/mol. The van der Waals surface area contributed by atoms with E-state index in [9.17, 15) is 0 Å². The summed E-state index contributed by atoms with van der Waals surface area (Å²) in [5.41, 5.74) is 2.32. The van der Waals surface area contributed by atoms with E-state index in [1.807, 2.05) is 25.2 Å². The van der Waals surface area contributed by atoms with Crippen molar-refractivity contribution in [3.8, 4) is 11.5 Å². The Balaban J connectivity index is 2.53. The average molecular weight is 356 g/mol. The first-order valence-electron chi connectivity index (χ1n) is 6.25. The van der Waals surface area contributed by atoms with Gasteiger partial charge in [0.05, 0.1) is 24.0 Å². The number of hydrogen-bond acceptors (Lipinski definition) is 4. The highest BCUT2D eigenvalue weighted by molar-refractivity contribution is 9.11. The van der Waals surface area contributed by atoms with E-state index in [0.717, 1.165) is 20.8 Å². The second-order valence-corrected chi connectivity index (χ2v) is 7.03. The third-order valence-electron chi connectivity index (χ3n) is 3.27. The van der Waals surface area contributed by atoms with E-state index in [0.29, 0.717) is 0 Å². The summed E-state index contributed by atoms with van der Waals surface area (Å²) >= 11 is 5.29. The number of methoxy groups -OCH3 is 2. The lowest BCUT2D eigenvalue weighted by molar-refractivity contribution is 0.395. The maximum Gasteiger partial charge on any atom is 0.124 e. The summed E-state index contributed by atoms with van der Waals surface area (Å²) in [6, 6.07) is 8.09. The summed E-state index contributed by atoms with van der Waals surface area (Å²) in [6.45, 7) is 2.13. The average Bonchev–Trinajstić information content (AvgIpc) is 2.78. The highest BCUT2D eigenvalue weighted by Crippen LogP contribution is 2.38. The van der Waals surface area contributed by atoms with Gasteiger partial charge in [-0.1, -0.05) is 0 Å². The molecule has 0 radical (unpaired) electrons. The molecule has 1 aromatic carbocycles. The zero-order chi connectivity index (χ0) is 14.7. The van der Waals surface area contributed by atoms with E-state index in [1.54, 1.807) is 25.6 Å². The van der Waals surface area contributed by atoms with Crippen LogP contribution in [-0.2, 0) is 0 Å². The normalized spacial score (nSPS) is 12.2. The fraction of sp³-hybridized carbons (Fsp3) is 0.333. The summed E-state index contributed by atoms with van der Waals surface area (Å²) in [5, 5.41) is 3.37. The fourth-order valence-electron chi connectivity index (χ4n) is 2.29. The lowest BCUT2D eigenvalue weighted by Gasteiger charge is -2.20. The molecule has 0 aliphatic heterocycles. The molecule has 0 saturated heterocycles. The molecule has 2 rings (SSSR count). The zero-order valence-corrected chi connectivity index (χ0v) is 14.4. The van der Waals surface area contributed by atoms with E-state index in [1.165, 1.54) is 10.4 Å². The topological polar surface area (TPSA) is 30.5 Å². The molecule has 1 atom stereocenters. The SMILES string of the molecule is CNC(c1cc(OC)ccc1OC)c1cc(Br)sc1C. The van der Waals surface area contributed by atoms with Gasteiger partial charge in [0.1, 0.15) is 11.5 Å². The molecule has 1 N–H and O–H groups in total. The molecule has 3 nitrogen and oxygen atoms in total. The second-order valence-electron chi connectivity index (χ2n) is 4.39. The standard InChI is InChI=1S/C15H18BrNO2S/c1-9-11(8-14(16)20-9)15(17-2)12-7-10(18-3)5-6-13(12)19-4/h5-8,15,17H,1-4H3. The van der Waals surface area contributed by atoms with Gasteiger partial charge in [-0.25, -0.2) is 0 Å². The van der Waals surface area contributed by atoms with Gasteiger partial charge in [0.25, 0.3) is 0 Å². The van der Waals surface area contributed by atoms with E-state index < -0.39 is 0 Å². The van der Waals surface area contributed by atoms with Gasteiger partial charge in [-0.2, -0.15) is 0 Å². The predicted octanol–water partition coefficient (Wildman–Crippen LogP) is 4.15. The summed E-state index contributed by atoms with van der Waals surface area (Å²) in [5.74, 6) is 1.68. The lowest BCUT2D eigenvalue weighted by Crippen LogP contribution is -2.18. The van der Waals surface area contributed by atoms with Gasteiger partial charge in [-0.15, -0.1) is 11.3 Å². The van der Waals surface area contributed by atoms with Crippen LogP contribution in [0.25, 0.3) is 0 Å². The van der Waals surface area contributed by atoms with Crippen LogP contribution in [0, 0.1) is 6.92 Å². The third kappa shape index (κ3) is 3.00. The second kappa shape index (κ2) is 6.61. The van der Waals surface area contributed by atoms with E-state index in [4.69, 9.17) is 9.47 Å². The number of nitrogens with one attached hydrogen (secondary N) is 1. The minimum Gasteiger partial charge on any atom is -0.497 e. The van der Waals surface area contributed by atoms with Crippen LogP contribution in [0.4, 0.5) is 0 Å². The van der Waals surface area contributed by atoms with Crippen LogP contribution in [0.3, 0.4) is 0 Å². The molecule has 0 amide bonds. The molecule has 0 bridgehead atoms. The van der Waals surface area contributed by atoms with Crippen LogP contribution in [0.15, 0.2) is 28.1 Å². The van der Waals surface area contributed by atoms with Gasteiger partial charge in [0.2, 0.25) is 0 Å². The van der Waals surface area contributed by atoms with Crippen molar-refractivity contribution in [3.63, 3.8) is 0 Å². The Bertz CT molecular complexity index is 598. The molecule has 0 aliphatic rings. The van der Waals surface area contributed by atoms with Crippen LogP contribution in [0.2, 0.25) is 0 Å². The zero-order valence-electron chi connectivity index (χ0n) is 12.0. The van der Waals surface area contributed by atoms with Gasteiger partial charge in [-0.05, 0) is 59.7 Å². The molecular formula is C15H18BrNO2S. The number of hydrogen-bond donors (Lipinski definition) is 1. The van der Waals surface area contributed by atoms with Gasteiger partial charge in [0, 0.05) is 10.4 Å². The van der Waals surface area contributed by atoms with Gasteiger partial charge >= 0.3 is 0 Å². The van der Waals surface area contributed by atoms with E-state index in [2.05, 4.69) is 34.2 Å². The molecule has 0 spiro atoms. The molecule has 0 fully saturated rings. The van der Waals surface area contributed by atoms with Crippen LogP contribution >= 0.6 is 27.3 Å².